The van der Waals surface area contributed by atoms with E-state index in [0.717, 1.165) is 6.07 Å². The molecule has 0 saturated heterocycles. The Bertz CT molecular complexity index is 635. The van der Waals surface area contributed by atoms with Gasteiger partial charge in [0.05, 0.1) is 5.56 Å². The van der Waals surface area contributed by atoms with Gasteiger partial charge in [-0.2, -0.15) is 13.2 Å². The minimum absolute atomic E-state index is 0.117. The third-order valence-electron chi connectivity index (χ3n) is 2.79. The van der Waals surface area contributed by atoms with Gasteiger partial charge in [0.15, 0.2) is 5.78 Å². The molecule has 0 saturated carbocycles. The Kier molecular flexibility index (Phi) is 4.14. The highest BCUT2D eigenvalue weighted by atomic mass is 35.5. The maximum atomic E-state index is 12.8. The number of ketones is 1. The highest BCUT2D eigenvalue weighted by Crippen LogP contribution is 2.32. The number of benzene rings is 2. The third kappa shape index (κ3) is 3.39. The predicted octanol–water partition coefficient (Wildman–Crippen LogP) is 4.78. The summed E-state index contributed by atoms with van der Waals surface area (Å²) in [5, 5.41) is 0.444. The van der Waals surface area contributed by atoms with E-state index in [-0.39, 0.29) is 12.0 Å². The molecule has 0 spiro atoms. The lowest BCUT2D eigenvalue weighted by atomic mass is 9.98. The van der Waals surface area contributed by atoms with Crippen LogP contribution in [-0.2, 0) is 12.6 Å². The van der Waals surface area contributed by atoms with Gasteiger partial charge < -0.3 is 0 Å². The lowest BCUT2D eigenvalue weighted by molar-refractivity contribution is -0.137. The first kappa shape index (κ1) is 14.6. The third-order valence-corrected chi connectivity index (χ3v) is 3.02. The Morgan fingerprint density at radius 2 is 1.75 bits per heavy atom. The second kappa shape index (κ2) is 5.67. The maximum absolute atomic E-state index is 12.8. The molecule has 0 radical (unpaired) electrons. The second-order valence-electron chi connectivity index (χ2n) is 4.27. The molecule has 5 heteroatoms. The Balaban J connectivity index is 2.31. The van der Waals surface area contributed by atoms with E-state index >= 15 is 0 Å². The SMILES string of the molecule is O=C(Cc1cccc(Cl)c1)c1ccccc1C(F)(F)F. The fourth-order valence-corrected chi connectivity index (χ4v) is 2.11. The van der Waals surface area contributed by atoms with Crippen molar-refractivity contribution in [3.8, 4) is 0 Å². The fraction of sp³-hybridized carbons (Fsp3) is 0.133. The number of rotatable bonds is 3. The van der Waals surface area contributed by atoms with E-state index in [0.29, 0.717) is 10.6 Å². The zero-order valence-electron chi connectivity index (χ0n) is 10.2. The number of Topliss-reactive ketones (excluding diaryl/α,β-unsaturated/α-hetero) is 1. The highest BCUT2D eigenvalue weighted by Gasteiger charge is 2.34. The molecular weight excluding hydrogens is 289 g/mol. The van der Waals surface area contributed by atoms with Crippen LogP contribution in [0.2, 0.25) is 5.02 Å². The largest absolute Gasteiger partial charge is 0.417 e. The molecule has 0 unspecified atom stereocenters. The molecule has 0 aliphatic rings. The van der Waals surface area contributed by atoms with Gasteiger partial charge in [0.2, 0.25) is 0 Å². The first-order valence-electron chi connectivity index (χ1n) is 5.82. The van der Waals surface area contributed by atoms with E-state index < -0.39 is 17.5 Å². The van der Waals surface area contributed by atoms with Crippen molar-refractivity contribution < 1.29 is 18.0 Å². The summed E-state index contributed by atoms with van der Waals surface area (Å²) in [5.41, 5.74) is -0.647. The van der Waals surface area contributed by atoms with Crippen molar-refractivity contribution in [1.82, 2.24) is 0 Å². The molecule has 0 N–H and O–H groups in total. The number of carbonyl (C=O) groups excluding carboxylic acids is 1. The van der Waals surface area contributed by atoms with Gasteiger partial charge in [0.25, 0.3) is 0 Å². The molecule has 0 aliphatic heterocycles. The van der Waals surface area contributed by atoms with E-state index in [1.807, 2.05) is 0 Å². The van der Waals surface area contributed by atoms with Crippen LogP contribution in [0.4, 0.5) is 13.2 Å². The van der Waals surface area contributed by atoms with Crippen molar-refractivity contribution in [2.24, 2.45) is 0 Å². The van der Waals surface area contributed by atoms with Crippen LogP contribution in [0.1, 0.15) is 21.5 Å². The zero-order chi connectivity index (χ0) is 14.8. The van der Waals surface area contributed by atoms with Crippen LogP contribution in [0.15, 0.2) is 48.5 Å². The van der Waals surface area contributed by atoms with Crippen LogP contribution in [0.25, 0.3) is 0 Å². The predicted molar refractivity (Wildman–Crippen MR) is 70.9 cm³/mol. The quantitative estimate of drug-likeness (QED) is 0.745. The van der Waals surface area contributed by atoms with Crippen LogP contribution in [-0.4, -0.2) is 5.78 Å². The van der Waals surface area contributed by atoms with Crippen LogP contribution < -0.4 is 0 Å². The Morgan fingerprint density at radius 1 is 1.05 bits per heavy atom. The highest BCUT2D eigenvalue weighted by molar-refractivity contribution is 6.30. The molecule has 0 heterocycles. The summed E-state index contributed by atoms with van der Waals surface area (Å²) in [5.74, 6) is -0.583. The molecule has 0 fully saturated rings. The first-order valence-corrected chi connectivity index (χ1v) is 6.19. The van der Waals surface area contributed by atoms with Crippen LogP contribution in [0.5, 0.6) is 0 Å². The van der Waals surface area contributed by atoms with Gasteiger partial charge in [-0.3, -0.25) is 4.79 Å². The molecule has 0 aliphatic carbocycles. The zero-order valence-corrected chi connectivity index (χ0v) is 11.0. The topological polar surface area (TPSA) is 17.1 Å². The van der Waals surface area contributed by atoms with Crippen molar-refractivity contribution >= 4 is 17.4 Å². The number of hydrogen-bond donors (Lipinski definition) is 0. The average Bonchev–Trinajstić information content (AvgIpc) is 2.37. The van der Waals surface area contributed by atoms with Gasteiger partial charge in [-0.25, -0.2) is 0 Å². The van der Waals surface area contributed by atoms with Gasteiger partial charge in [-0.15, -0.1) is 0 Å². The molecule has 2 aromatic rings. The van der Waals surface area contributed by atoms with E-state index in [1.54, 1.807) is 24.3 Å². The second-order valence-corrected chi connectivity index (χ2v) is 4.71. The number of hydrogen-bond acceptors (Lipinski definition) is 1. The molecular formula is C15H10ClF3O. The molecule has 2 aromatic carbocycles. The van der Waals surface area contributed by atoms with Crippen molar-refractivity contribution in [1.29, 1.82) is 0 Å². The fourth-order valence-electron chi connectivity index (χ4n) is 1.90. The van der Waals surface area contributed by atoms with E-state index in [2.05, 4.69) is 0 Å². The van der Waals surface area contributed by atoms with Gasteiger partial charge in [0, 0.05) is 17.0 Å². The molecule has 2 rings (SSSR count). The average molecular weight is 299 g/mol. The number of alkyl halides is 3. The van der Waals surface area contributed by atoms with Crippen molar-refractivity contribution in [2.45, 2.75) is 12.6 Å². The summed E-state index contributed by atoms with van der Waals surface area (Å²) in [7, 11) is 0. The summed E-state index contributed by atoms with van der Waals surface area (Å²) in [4.78, 5) is 12.0. The summed E-state index contributed by atoms with van der Waals surface area (Å²) in [6.45, 7) is 0. The molecule has 0 aromatic heterocycles. The lowest BCUT2D eigenvalue weighted by Gasteiger charge is -2.11. The molecule has 20 heavy (non-hydrogen) atoms. The van der Waals surface area contributed by atoms with Crippen molar-refractivity contribution in [3.05, 3.63) is 70.2 Å². The first-order chi connectivity index (χ1) is 9.38. The van der Waals surface area contributed by atoms with E-state index in [9.17, 15) is 18.0 Å². The normalized spacial score (nSPS) is 11.4. The summed E-state index contributed by atoms with van der Waals surface area (Å²) >= 11 is 5.79. The van der Waals surface area contributed by atoms with Crippen LogP contribution in [0.3, 0.4) is 0 Å². The Labute approximate surface area is 119 Å². The standard InChI is InChI=1S/C15H10ClF3O/c16-11-5-3-4-10(8-11)9-14(20)12-6-1-2-7-13(12)15(17,18)19/h1-8H,9H2. The molecule has 0 amide bonds. The smallest absolute Gasteiger partial charge is 0.294 e. The summed E-state index contributed by atoms with van der Waals surface area (Å²) in [6.07, 6.45) is -4.66. The summed E-state index contributed by atoms with van der Waals surface area (Å²) < 4.78 is 38.5. The summed E-state index contributed by atoms with van der Waals surface area (Å²) in [6, 6.07) is 11.3. The van der Waals surface area contributed by atoms with E-state index in [4.69, 9.17) is 11.6 Å². The molecule has 0 bridgehead atoms. The molecule has 1 nitrogen and oxygen atoms in total. The Hall–Kier alpha value is -1.81. The number of carbonyl (C=O) groups is 1. The Morgan fingerprint density at radius 3 is 2.40 bits per heavy atom. The van der Waals surface area contributed by atoms with Crippen LogP contribution >= 0.6 is 11.6 Å². The van der Waals surface area contributed by atoms with Crippen LogP contribution in [0, 0.1) is 0 Å². The molecule has 104 valence electrons. The minimum atomic E-state index is -4.54. The van der Waals surface area contributed by atoms with Crippen molar-refractivity contribution in [2.75, 3.05) is 0 Å². The minimum Gasteiger partial charge on any atom is -0.294 e. The maximum Gasteiger partial charge on any atom is 0.417 e. The van der Waals surface area contributed by atoms with Gasteiger partial charge >= 0.3 is 6.18 Å². The van der Waals surface area contributed by atoms with Gasteiger partial charge in [0.1, 0.15) is 0 Å². The molecule has 0 atom stereocenters. The number of halogens is 4. The van der Waals surface area contributed by atoms with Crippen molar-refractivity contribution in [3.63, 3.8) is 0 Å². The van der Waals surface area contributed by atoms with E-state index in [1.165, 1.54) is 18.2 Å². The van der Waals surface area contributed by atoms with Gasteiger partial charge in [-0.05, 0) is 23.8 Å². The lowest BCUT2D eigenvalue weighted by Crippen LogP contribution is -2.14. The monoisotopic (exact) mass is 298 g/mol. The van der Waals surface area contributed by atoms with Gasteiger partial charge in [-0.1, -0.05) is 41.9 Å².